The molecule has 176 valence electrons. The van der Waals surface area contributed by atoms with Gasteiger partial charge in [-0.2, -0.15) is 5.10 Å². The fourth-order valence-corrected chi connectivity index (χ4v) is 5.19. The Hall–Kier alpha value is -2.67. The van der Waals surface area contributed by atoms with E-state index in [0.29, 0.717) is 37.6 Å². The smallest absolute Gasteiger partial charge is 0.211 e. The van der Waals surface area contributed by atoms with E-state index in [1.54, 1.807) is 18.6 Å². The molecular formula is C21H28N8O3S. The van der Waals surface area contributed by atoms with Gasteiger partial charge >= 0.3 is 0 Å². The van der Waals surface area contributed by atoms with Crippen molar-refractivity contribution in [2.24, 2.45) is 0 Å². The highest BCUT2D eigenvalue weighted by molar-refractivity contribution is 7.88. The molecule has 0 spiro atoms. The van der Waals surface area contributed by atoms with Crippen LogP contribution < -0.4 is 10.6 Å². The van der Waals surface area contributed by atoms with Crippen molar-refractivity contribution in [1.29, 1.82) is 0 Å². The number of rotatable bonds is 6. The lowest BCUT2D eigenvalue weighted by molar-refractivity contribution is 0.0372. The first-order valence-corrected chi connectivity index (χ1v) is 13.0. The Morgan fingerprint density at radius 3 is 2.82 bits per heavy atom. The molecule has 2 aliphatic heterocycles. The van der Waals surface area contributed by atoms with Crippen molar-refractivity contribution in [3.05, 3.63) is 30.9 Å². The van der Waals surface area contributed by atoms with E-state index >= 15 is 0 Å². The van der Waals surface area contributed by atoms with Gasteiger partial charge in [-0.1, -0.05) is 0 Å². The van der Waals surface area contributed by atoms with Gasteiger partial charge in [-0.05, 0) is 18.9 Å². The predicted octanol–water partition coefficient (Wildman–Crippen LogP) is 0.885. The van der Waals surface area contributed by atoms with Gasteiger partial charge in [0.2, 0.25) is 10.0 Å². The lowest BCUT2D eigenvalue weighted by atomic mass is 10.1. The van der Waals surface area contributed by atoms with Gasteiger partial charge in [0, 0.05) is 56.9 Å². The fourth-order valence-electron chi connectivity index (χ4n) is 4.31. The van der Waals surface area contributed by atoms with Gasteiger partial charge in [0.05, 0.1) is 42.4 Å². The number of morpholine rings is 1. The van der Waals surface area contributed by atoms with Crippen molar-refractivity contribution in [1.82, 2.24) is 34.4 Å². The molecule has 0 aromatic carbocycles. The number of nitrogens with one attached hydrogen (secondary N) is 2. The number of sulfonamides is 1. The van der Waals surface area contributed by atoms with E-state index in [2.05, 4.69) is 25.7 Å². The number of fused-ring (bicyclic) bond motifs is 1. The molecule has 2 fully saturated rings. The third-order valence-corrected chi connectivity index (χ3v) is 7.43. The summed E-state index contributed by atoms with van der Waals surface area (Å²) in [5.41, 5.74) is 3.10. The topological polar surface area (TPSA) is 127 Å². The summed E-state index contributed by atoms with van der Waals surface area (Å²) in [7, 11) is -3.15. The standard InChI is InChI=1S/C21H28N8O3S/c1-33(30,31)28-7-2-16(3-8-28)29-14-15(11-26-29)18-10-19-20(24-5-4-23-19)21(27-18)25-13-17-12-22-6-9-32-17/h4-5,10-11,14,16-17,22H,2-3,6-9,12-13H2,1H3,(H,25,27). The molecule has 0 bridgehead atoms. The molecule has 3 aromatic heterocycles. The molecule has 12 heteroatoms. The highest BCUT2D eigenvalue weighted by Gasteiger charge is 2.26. The minimum atomic E-state index is -3.15. The van der Waals surface area contributed by atoms with Crippen LogP contribution in [0.15, 0.2) is 30.9 Å². The second kappa shape index (κ2) is 9.29. The van der Waals surface area contributed by atoms with Gasteiger partial charge < -0.3 is 15.4 Å². The van der Waals surface area contributed by atoms with E-state index in [9.17, 15) is 8.42 Å². The minimum absolute atomic E-state index is 0.0662. The Kier molecular flexibility index (Phi) is 6.23. The first-order valence-electron chi connectivity index (χ1n) is 11.1. The monoisotopic (exact) mass is 472 g/mol. The molecular weight excluding hydrogens is 444 g/mol. The zero-order valence-corrected chi connectivity index (χ0v) is 19.3. The Balaban J connectivity index is 1.36. The Bertz CT molecular complexity index is 1220. The molecule has 5 heterocycles. The molecule has 2 aliphatic rings. The summed E-state index contributed by atoms with van der Waals surface area (Å²) in [5.74, 6) is 0.666. The number of hydrogen-bond acceptors (Lipinski definition) is 9. The lowest BCUT2D eigenvalue weighted by Gasteiger charge is -2.30. The number of nitrogens with zero attached hydrogens (tertiary/aromatic N) is 6. The summed E-state index contributed by atoms with van der Waals surface area (Å²) in [6, 6.07) is 2.07. The second-order valence-electron chi connectivity index (χ2n) is 8.46. The third-order valence-electron chi connectivity index (χ3n) is 6.12. The van der Waals surface area contributed by atoms with Gasteiger partial charge in [0.25, 0.3) is 0 Å². The third kappa shape index (κ3) is 4.98. The maximum atomic E-state index is 11.8. The highest BCUT2D eigenvalue weighted by Crippen LogP contribution is 2.28. The molecule has 0 aliphatic carbocycles. The number of hydrogen-bond donors (Lipinski definition) is 2. The number of pyridine rings is 1. The molecule has 2 N–H and O–H groups in total. The Labute approximate surface area is 192 Å². The van der Waals surface area contributed by atoms with Crippen LogP contribution in [0.3, 0.4) is 0 Å². The normalized spacial score (nSPS) is 20.8. The van der Waals surface area contributed by atoms with Crippen LogP contribution in [-0.2, 0) is 14.8 Å². The largest absolute Gasteiger partial charge is 0.374 e. The van der Waals surface area contributed by atoms with E-state index < -0.39 is 10.0 Å². The van der Waals surface area contributed by atoms with Crippen LogP contribution in [0, 0.1) is 0 Å². The molecule has 5 rings (SSSR count). The molecule has 0 amide bonds. The summed E-state index contributed by atoms with van der Waals surface area (Å²) < 4.78 is 32.8. The number of aromatic nitrogens is 5. The minimum Gasteiger partial charge on any atom is -0.374 e. The van der Waals surface area contributed by atoms with E-state index in [1.807, 2.05) is 16.9 Å². The van der Waals surface area contributed by atoms with Gasteiger partial charge in [-0.25, -0.2) is 22.7 Å². The first-order chi connectivity index (χ1) is 16.0. The van der Waals surface area contributed by atoms with Crippen LogP contribution in [0.2, 0.25) is 0 Å². The lowest BCUT2D eigenvalue weighted by Crippen LogP contribution is -2.42. The van der Waals surface area contributed by atoms with E-state index in [-0.39, 0.29) is 12.1 Å². The molecule has 1 unspecified atom stereocenters. The quantitative estimate of drug-likeness (QED) is 0.537. The van der Waals surface area contributed by atoms with Crippen LogP contribution >= 0.6 is 0 Å². The van der Waals surface area contributed by atoms with E-state index in [0.717, 1.165) is 42.7 Å². The molecule has 11 nitrogen and oxygen atoms in total. The number of piperidine rings is 1. The van der Waals surface area contributed by atoms with E-state index in [4.69, 9.17) is 9.72 Å². The maximum Gasteiger partial charge on any atom is 0.211 e. The summed E-state index contributed by atoms with van der Waals surface area (Å²) >= 11 is 0. The van der Waals surface area contributed by atoms with Crippen molar-refractivity contribution < 1.29 is 13.2 Å². The van der Waals surface area contributed by atoms with Gasteiger partial charge in [0.15, 0.2) is 5.82 Å². The molecule has 33 heavy (non-hydrogen) atoms. The second-order valence-corrected chi connectivity index (χ2v) is 10.4. The number of anilines is 1. The summed E-state index contributed by atoms with van der Waals surface area (Å²) in [6.45, 7) is 4.00. The molecule has 0 saturated carbocycles. The first kappa shape index (κ1) is 22.1. The average Bonchev–Trinajstić information content (AvgIpc) is 3.33. The molecule has 3 aromatic rings. The van der Waals surface area contributed by atoms with Crippen LogP contribution in [0.25, 0.3) is 22.3 Å². The van der Waals surface area contributed by atoms with E-state index in [1.165, 1.54) is 10.6 Å². The maximum absolute atomic E-state index is 11.8. The SMILES string of the molecule is CS(=O)(=O)N1CCC(n2cc(-c3cc4nccnc4c(NCC4CNCCO4)n3)cn2)CC1. The van der Waals surface area contributed by atoms with Crippen LogP contribution in [0.1, 0.15) is 18.9 Å². The van der Waals surface area contributed by atoms with Crippen LogP contribution in [0.5, 0.6) is 0 Å². The van der Waals surface area contributed by atoms with Gasteiger partial charge in [-0.3, -0.25) is 9.67 Å². The van der Waals surface area contributed by atoms with Crippen molar-refractivity contribution >= 4 is 26.9 Å². The number of ether oxygens (including phenoxy) is 1. The zero-order valence-electron chi connectivity index (χ0n) is 18.5. The average molecular weight is 473 g/mol. The molecule has 0 radical (unpaired) electrons. The van der Waals surface area contributed by atoms with Crippen molar-refractivity contribution in [3.8, 4) is 11.3 Å². The fraction of sp³-hybridized carbons (Fsp3) is 0.524. The summed E-state index contributed by atoms with van der Waals surface area (Å²) in [4.78, 5) is 13.8. The Morgan fingerprint density at radius 2 is 2.06 bits per heavy atom. The molecule has 2 saturated heterocycles. The Morgan fingerprint density at radius 1 is 1.24 bits per heavy atom. The summed E-state index contributed by atoms with van der Waals surface area (Å²) in [5, 5.41) is 11.3. The highest BCUT2D eigenvalue weighted by atomic mass is 32.2. The molecule has 1 atom stereocenters. The van der Waals surface area contributed by atoms with Gasteiger partial charge in [-0.15, -0.1) is 0 Å². The van der Waals surface area contributed by atoms with Crippen LogP contribution in [-0.4, -0.2) is 89.1 Å². The summed E-state index contributed by atoms with van der Waals surface area (Å²) in [6.07, 6.45) is 9.89. The van der Waals surface area contributed by atoms with Crippen LogP contribution in [0.4, 0.5) is 5.82 Å². The predicted molar refractivity (Wildman–Crippen MR) is 124 cm³/mol. The van der Waals surface area contributed by atoms with Crippen molar-refractivity contribution in [2.45, 2.75) is 25.0 Å². The zero-order chi connectivity index (χ0) is 22.8. The van der Waals surface area contributed by atoms with Crippen molar-refractivity contribution in [2.75, 3.05) is 50.9 Å². The van der Waals surface area contributed by atoms with Gasteiger partial charge in [0.1, 0.15) is 5.52 Å². The van der Waals surface area contributed by atoms with Crippen molar-refractivity contribution in [3.63, 3.8) is 0 Å².